The summed E-state index contributed by atoms with van der Waals surface area (Å²) in [5, 5.41) is 4.45. The van der Waals surface area contributed by atoms with E-state index < -0.39 is 17.5 Å². The number of hydrogen-bond donors (Lipinski definition) is 0. The van der Waals surface area contributed by atoms with Crippen LogP contribution in [0.2, 0.25) is 0 Å². The Hall–Kier alpha value is -3.15. The number of fused-ring (bicyclic) bond motifs is 1. The minimum absolute atomic E-state index is 0.0691. The molecule has 6 rings (SSSR count). The molecule has 2 aliphatic carbocycles. The molecule has 0 bridgehead atoms. The van der Waals surface area contributed by atoms with Crippen molar-refractivity contribution in [2.75, 3.05) is 24.6 Å². The first-order valence-corrected chi connectivity index (χ1v) is 12.5. The molecule has 192 valence electrons. The van der Waals surface area contributed by atoms with Crippen LogP contribution in [0.1, 0.15) is 68.1 Å². The standard InChI is InChI=1S/C24H29F2N7O3/c1-14-28-20-19(22(34)30(14)2)29-21(23(35)33(20)17-5-7-24(25,26)8-6-17)31-9-10-36-18(13-31)15-11-27-32(12-15)16-3-4-16/h11-12,16-18H,3-10,13H2,1-2H3. The average molecular weight is 502 g/mol. The molecule has 3 aromatic rings. The smallest absolute Gasteiger partial charge is 0.295 e. The zero-order valence-corrected chi connectivity index (χ0v) is 20.4. The van der Waals surface area contributed by atoms with Crippen molar-refractivity contribution in [2.24, 2.45) is 7.05 Å². The SMILES string of the molecule is Cc1nc2c(nc(N3CCOC(c4cnn(C5CC5)c4)C3)c(=O)n2C2CCC(F)(F)CC2)c(=O)n1C. The first kappa shape index (κ1) is 23.3. The van der Waals surface area contributed by atoms with Gasteiger partial charge in [0.15, 0.2) is 17.0 Å². The molecule has 0 radical (unpaired) electrons. The minimum Gasteiger partial charge on any atom is -0.370 e. The van der Waals surface area contributed by atoms with Crippen LogP contribution in [0.5, 0.6) is 0 Å². The molecule has 36 heavy (non-hydrogen) atoms. The lowest BCUT2D eigenvalue weighted by atomic mass is 9.92. The van der Waals surface area contributed by atoms with Crippen molar-refractivity contribution in [1.29, 1.82) is 0 Å². The molecule has 1 aliphatic heterocycles. The molecular formula is C24H29F2N7O3. The van der Waals surface area contributed by atoms with Crippen molar-refractivity contribution in [3.8, 4) is 0 Å². The van der Waals surface area contributed by atoms with Gasteiger partial charge in [0.05, 0.1) is 25.4 Å². The van der Waals surface area contributed by atoms with E-state index in [1.807, 2.05) is 15.8 Å². The van der Waals surface area contributed by atoms with E-state index in [2.05, 4.69) is 15.1 Å². The molecule has 1 atom stereocenters. The lowest BCUT2D eigenvalue weighted by Gasteiger charge is -2.34. The van der Waals surface area contributed by atoms with E-state index in [-0.39, 0.29) is 54.3 Å². The van der Waals surface area contributed by atoms with Crippen molar-refractivity contribution < 1.29 is 13.5 Å². The third-order valence-corrected chi connectivity index (χ3v) is 7.66. The molecule has 2 saturated carbocycles. The van der Waals surface area contributed by atoms with Crippen molar-refractivity contribution >= 4 is 17.0 Å². The maximum Gasteiger partial charge on any atom is 0.295 e. The quantitative estimate of drug-likeness (QED) is 0.542. The zero-order valence-electron chi connectivity index (χ0n) is 20.4. The van der Waals surface area contributed by atoms with Crippen LogP contribution in [0.25, 0.3) is 11.2 Å². The van der Waals surface area contributed by atoms with Crippen LogP contribution in [-0.2, 0) is 11.8 Å². The highest BCUT2D eigenvalue weighted by Crippen LogP contribution is 2.39. The highest BCUT2D eigenvalue weighted by molar-refractivity contribution is 5.71. The van der Waals surface area contributed by atoms with Crippen LogP contribution in [0, 0.1) is 6.92 Å². The number of rotatable bonds is 4. The van der Waals surface area contributed by atoms with Crippen molar-refractivity contribution in [3.05, 3.63) is 44.5 Å². The number of aromatic nitrogens is 6. The maximum absolute atomic E-state index is 13.9. The van der Waals surface area contributed by atoms with Gasteiger partial charge in [-0.1, -0.05) is 0 Å². The van der Waals surface area contributed by atoms with Gasteiger partial charge in [-0.05, 0) is 32.6 Å². The summed E-state index contributed by atoms with van der Waals surface area (Å²) in [5.41, 5.74) is 0.376. The van der Waals surface area contributed by atoms with Gasteiger partial charge >= 0.3 is 0 Å². The zero-order chi connectivity index (χ0) is 25.2. The van der Waals surface area contributed by atoms with Gasteiger partial charge in [0.25, 0.3) is 11.1 Å². The molecular weight excluding hydrogens is 472 g/mol. The van der Waals surface area contributed by atoms with Crippen molar-refractivity contribution in [2.45, 2.75) is 69.6 Å². The van der Waals surface area contributed by atoms with Gasteiger partial charge in [-0.15, -0.1) is 0 Å². The molecule has 0 aromatic carbocycles. The Morgan fingerprint density at radius 1 is 1.06 bits per heavy atom. The molecule has 10 nitrogen and oxygen atoms in total. The van der Waals surface area contributed by atoms with E-state index in [0.29, 0.717) is 31.6 Å². The second kappa shape index (κ2) is 8.46. The summed E-state index contributed by atoms with van der Waals surface area (Å²) < 4.78 is 38.6. The van der Waals surface area contributed by atoms with Crippen LogP contribution in [0.4, 0.5) is 14.6 Å². The van der Waals surface area contributed by atoms with E-state index >= 15 is 0 Å². The number of anilines is 1. The van der Waals surface area contributed by atoms with E-state index in [9.17, 15) is 18.4 Å². The summed E-state index contributed by atoms with van der Waals surface area (Å²) in [6.07, 6.45) is 5.37. The van der Waals surface area contributed by atoms with Gasteiger partial charge in [-0.3, -0.25) is 23.4 Å². The highest BCUT2D eigenvalue weighted by Gasteiger charge is 2.38. The topological polar surface area (TPSA) is 100 Å². The lowest BCUT2D eigenvalue weighted by Crippen LogP contribution is -2.44. The number of nitrogens with zero attached hydrogens (tertiary/aromatic N) is 7. The summed E-state index contributed by atoms with van der Waals surface area (Å²) in [4.78, 5) is 37.9. The fraction of sp³-hybridized carbons (Fsp3) is 0.625. The van der Waals surface area contributed by atoms with Crippen molar-refractivity contribution in [1.82, 2.24) is 28.9 Å². The average Bonchev–Trinajstić information content (AvgIpc) is 3.59. The largest absolute Gasteiger partial charge is 0.370 e. The van der Waals surface area contributed by atoms with Crippen molar-refractivity contribution in [3.63, 3.8) is 0 Å². The number of halogens is 2. The second-order valence-electron chi connectivity index (χ2n) is 10.2. The molecule has 1 saturated heterocycles. The Labute approximate surface area is 205 Å². The Morgan fingerprint density at radius 2 is 1.81 bits per heavy atom. The Bertz CT molecular complexity index is 1430. The molecule has 3 aliphatic rings. The molecule has 12 heteroatoms. The summed E-state index contributed by atoms with van der Waals surface area (Å²) in [6.45, 7) is 2.83. The molecule has 0 N–H and O–H groups in total. The molecule has 4 heterocycles. The van der Waals surface area contributed by atoms with Crippen LogP contribution < -0.4 is 16.0 Å². The molecule has 3 aromatic heterocycles. The normalized spacial score (nSPS) is 22.9. The van der Waals surface area contributed by atoms with Gasteiger partial charge in [-0.2, -0.15) is 5.10 Å². The Morgan fingerprint density at radius 3 is 2.53 bits per heavy atom. The van der Waals surface area contributed by atoms with E-state index in [1.165, 1.54) is 9.13 Å². The molecule has 1 unspecified atom stereocenters. The number of morpholine rings is 1. The van der Waals surface area contributed by atoms with E-state index in [4.69, 9.17) is 4.74 Å². The van der Waals surface area contributed by atoms with Crippen LogP contribution >= 0.6 is 0 Å². The number of ether oxygens (including phenoxy) is 1. The third-order valence-electron chi connectivity index (χ3n) is 7.66. The second-order valence-corrected chi connectivity index (χ2v) is 10.2. The monoisotopic (exact) mass is 501 g/mol. The summed E-state index contributed by atoms with van der Waals surface area (Å²) >= 11 is 0. The first-order valence-electron chi connectivity index (χ1n) is 12.5. The molecule has 0 spiro atoms. The fourth-order valence-electron chi connectivity index (χ4n) is 5.24. The van der Waals surface area contributed by atoms with Gasteiger partial charge in [0.1, 0.15) is 11.9 Å². The summed E-state index contributed by atoms with van der Waals surface area (Å²) in [7, 11) is 1.60. The minimum atomic E-state index is -2.74. The van der Waals surface area contributed by atoms with E-state index in [1.54, 1.807) is 20.2 Å². The van der Waals surface area contributed by atoms with Gasteiger partial charge in [0.2, 0.25) is 5.92 Å². The van der Waals surface area contributed by atoms with E-state index in [0.717, 1.165) is 18.4 Å². The highest BCUT2D eigenvalue weighted by atomic mass is 19.3. The Balaban J connectivity index is 1.42. The predicted molar refractivity (Wildman–Crippen MR) is 128 cm³/mol. The lowest BCUT2D eigenvalue weighted by molar-refractivity contribution is -0.0439. The molecule has 0 amide bonds. The third kappa shape index (κ3) is 4.00. The van der Waals surface area contributed by atoms with Crippen LogP contribution in [0.3, 0.4) is 0 Å². The summed E-state index contributed by atoms with van der Waals surface area (Å²) in [6, 6.07) is -0.0307. The van der Waals surface area contributed by atoms with Gasteiger partial charge in [0, 0.05) is 44.2 Å². The van der Waals surface area contributed by atoms with Crippen LogP contribution in [0.15, 0.2) is 22.0 Å². The molecule has 3 fully saturated rings. The fourth-order valence-corrected chi connectivity index (χ4v) is 5.24. The predicted octanol–water partition coefficient (Wildman–Crippen LogP) is 2.66. The maximum atomic E-state index is 13.9. The number of aryl methyl sites for hydroxylation is 1. The Kier molecular flexibility index (Phi) is 5.47. The van der Waals surface area contributed by atoms with Crippen LogP contribution in [-0.4, -0.2) is 54.5 Å². The number of hydrogen-bond acceptors (Lipinski definition) is 7. The van der Waals surface area contributed by atoms with Gasteiger partial charge in [-0.25, -0.2) is 18.7 Å². The summed E-state index contributed by atoms with van der Waals surface area (Å²) in [5.74, 6) is -2.19. The van der Waals surface area contributed by atoms with Gasteiger partial charge < -0.3 is 9.64 Å². The number of alkyl halides is 2. The first-order chi connectivity index (χ1) is 17.2.